The molecule has 0 fully saturated rings. The number of unbranched alkanes of at least 4 members (excludes halogenated alkanes) is 38. The molecule has 0 saturated heterocycles. The van der Waals surface area contributed by atoms with E-state index in [0.29, 0.717) is 12.8 Å². The Morgan fingerprint density at radius 2 is 0.597 bits per heavy atom. The fourth-order valence-electron chi connectivity index (χ4n) is 9.33. The molecule has 0 saturated carbocycles. The fourth-order valence-corrected chi connectivity index (χ4v) is 9.33. The van der Waals surface area contributed by atoms with E-state index >= 15 is 0 Å². The second-order valence-electron chi connectivity index (χ2n) is 21.1. The lowest BCUT2D eigenvalue weighted by atomic mass is 10.0. The maximum atomic E-state index is 12.3. The van der Waals surface area contributed by atoms with Crippen molar-refractivity contribution in [1.82, 2.24) is 0 Å². The molecule has 0 amide bonds. The molecule has 1 atom stereocenters. The topological polar surface area (TPSA) is 72.8 Å². The lowest BCUT2D eigenvalue weighted by Crippen LogP contribution is -2.28. The zero-order valence-electron chi connectivity index (χ0n) is 47.9. The van der Waals surface area contributed by atoms with E-state index in [2.05, 4.69) is 86.8 Å². The number of aliphatic hydroxyl groups excluding tert-OH is 1. The number of allylic oxidation sites excluding steroid dienone is 12. The van der Waals surface area contributed by atoms with Crippen molar-refractivity contribution in [2.45, 2.75) is 328 Å². The van der Waals surface area contributed by atoms with Crippen LogP contribution in [0.4, 0.5) is 0 Å². The van der Waals surface area contributed by atoms with Crippen molar-refractivity contribution in [2.24, 2.45) is 0 Å². The highest BCUT2D eigenvalue weighted by molar-refractivity contribution is 5.70. The van der Waals surface area contributed by atoms with Crippen molar-refractivity contribution in [3.05, 3.63) is 72.9 Å². The Bertz CT molecular complexity index is 1270. The summed E-state index contributed by atoms with van der Waals surface area (Å²) in [5.41, 5.74) is 0. The summed E-state index contributed by atoms with van der Waals surface area (Å²) in [4.78, 5) is 24.6. The van der Waals surface area contributed by atoms with Crippen LogP contribution in [0.3, 0.4) is 0 Å². The van der Waals surface area contributed by atoms with Crippen molar-refractivity contribution in [2.75, 3.05) is 13.2 Å². The van der Waals surface area contributed by atoms with Gasteiger partial charge >= 0.3 is 11.9 Å². The summed E-state index contributed by atoms with van der Waals surface area (Å²) in [7, 11) is 0. The van der Waals surface area contributed by atoms with E-state index in [1.807, 2.05) is 0 Å². The van der Waals surface area contributed by atoms with Crippen molar-refractivity contribution in [3.63, 3.8) is 0 Å². The summed E-state index contributed by atoms with van der Waals surface area (Å²) >= 11 is 0. The third-order valence-electron chi connectivity index (χ3n) is 14.0. The number of carbonyl (C=O) groups excluding carboxylic acids is 2. The number of ether oxygens (including phenoxy) is 2. The average Bonchev–Trinajstić information content (AvgIpc) is 3.38. The normalized spacial score (nSPS) is 12.7. The molecule has 72 heavy (non-hydrogen) atoms. The highest BCUT2D eigenvalue weighted by Gasteiger charge is 2.16. The maximum Gasteiger partial charge on any atom is 0.306 e. The molecule has 0 radical (unpaired) electrons. The molecule has 0 rings (SSSR count). The van der Waals surface area contributed by atoms with Crippen LogP contribution in [0.25, 0.3) is 0 Å². The molecule has 0 aliphatic heterocycles. The molecule has 418 valence electrons. The monoisotopic (exact) mass is 1000 g/mol. The minimum Gasteiger partial charge on any atom is -0.462 e. The predicted octanol–water partition coefficient (Wildman–Crippen LogP) is 21.5. The van der Waals surface area contributed by atoms with E-state index in [1.54, 1.807) is 0 Å². The van der Waals surface area contributed by atoms with Gasteiger partial charge in [-0.3, -0.25) is 9.59 Å². The van der Waals surface area contributed by atoms with Crippen LogP contribution in [0.1, 0.15) is 322 Å². The van der Waals surface area contributed by atoms with Gasteiger partial charge in [0, 0.05) is 12.8 Å². The van der Waals surface area contributed by atoms with Gasteiger partial charge in [0.15, 0.2) is 6.10 Å². The van der Waals surface area contributed by atoms with Gasteiger partial charge in [0.1, 0.15) is 6.61 Å². The zero-order chi connectivity index (χ0) is 52.0. The van der Waals surface area contributed by atoms with Crippen LogP contribution < -0.4 is 0 Å². The number of esters is 2. The SMILES string of the molecule is CC/C=C\C/C=C\C/C=C\C/C=C\C/C=C\C/C=C\CCCCCCCCCCCCCCCCCCCCCCC(=O)OC(CO)COC(=O)CCCCCCCCCCCCCCCCCCCCC. The second kappa shape index (κ2) is 62.6. The van der Waals surface area contributed by atoms with Crippen LogP contribution in [0, 0.1) is 0 Å². The highest BCUT2D eigenvalue weighted by atomic mass is 16.6. The Morgan fingerprint density at radius 3 is 0.903 bits per heavy atom. The minimum atomic E-state index is -0.770. The molecular weight excluding hydrogens is 885 g/mol. The molecule has 5 nitrogen and oxygen atoms in total. The summed E-state index contributed by atoms with van der Waals surface area (Å²) < 4.78 is 10.7. The minimum absolute atomic E-state index is 0.0608. The van der Waals surface area contributed by atoms with Gasteiger partial charge in [-0.15, -0.1) is 0 Å². The molecule has 0 aliphatic carbocycles. The molecule has 5 heteroatoms. The summed E-state index contributed by atoms with van der Waals surface area (Å²) in [6.45, 7) is 4.07. The standard InChI is InChI=1S/C67H120O5/c1-3-5-7-9-11-13-15-17-19-21-23-24-25-26-27-28-29-30-31-32-33-34-35-36-37-38-39-40-41-42-44-46-48-50-52-54-56-58-60-62-67(70)72-65(63-68)64-71-66(69)61-59-57-55-53-51-49-47-45-43-22-20-18-16-14-12-10-8-6-4-2/h5,7,11,13,17,19,23-24,26-27,29-30,65,68H,3-4,6,8-10,12,14-16,18,20-22,25,28,31-64H2,1-2H3/b7-5-,13-11-,19-17-,24-23-,27-26-,30-29-. The number of rotatable bonds is 58. The Balaban J connectivity index is 3.42. The van der Waals surface area contributed by atoms with Crippen LogP contribution in [0.15, 0.2) is 72.9 Å². The quantitative estimate of drug-likeness (QED) is 0.0373. The molecule has 0 heterocycles. The van der Waals surface area contributed by atoms with Crippen LogP contribution >= 0.6 is 0 Å². The average molecular weight is 1010 g/mol. The Labute approximate surface area is 448 Å². The molecule has 0 aliphatic rings. The third kappa shape index (κ3) is 59.9. The van der Waals surface area contributed by atoms with Gasteiger partial charge in [0.05, 0.1) is 6.61 Å². The van der Waals surface area contributed by atoms with Crippen molar-refractivity contribution >= 4 is 11.9 Å². The molecule has 0 aromatic rings. The number of hydrogen-bond donors (Lipinski definition) is 1. The number of carbonyl (C=O) groups is 2. The zero-order valence-corrected chi connectivity index (χ0v) is 47.9. The largest absolute Gasteiger partial charge is 0.462 e. The first-order valence-corrected chi connectivity index (χ1v) is 31.5. The van der Waals surface area contributed by atoms with E-state index in [0.717, 1.165) is 70.6 Å². The lowest BCUT2D eigenvalue weighted by molar-refractivity contribution is -0.161. The van der Waals surface area contributed by atoms with Crippen LogP contribution in [0.2, 0.25) is 0 Å². The Morgan fingerprint density at radius 1 is 0.333 bits per heavy atom. The van der Waals surface area contributed by atoms with Gasteiger partial charge in [0.2, 0.25) is 0 Å². The summed E-state index contributed by atoms with van der Waals surface area (Å²) in [6, 6.07) is 0. The molecule has 0 spiro atoms. The molecule has 0 bridgehead atoms. The number of aliphatic hydroxyl groups is 1. The molecule has 0 aromatic heterocycles. The van der Waals surface area contributed by atoms with Crippen LogP contribution in [-0.4, -0.2) is 36.4 Å². The van der Waals surface area contributed by atoms with E-state index < -0.39 is 6.10 Å². The van der Waals surface area contributed by atoms with E-state index in [4.69, 9.17) is 9.47 Å². The van der Waals surface area contributed by atoms with Crippen LogP contribution in [0.5, 0.6) is 0 Å². The first-order valence-electron chi connectivity index (χ1n) is 31.5. The lowest BCUT2D eigenvalue weighted by Gasteiger charge is -2.15. The van der Waals surface area contributed by atoms with E-state index in [1.165, 1.54) is 225 Å². The van der Waals surface area contributed by atoms with Crippen LogP contribution in [-0.2, 0) is 19.1 Å². The first kappa shape index (κ1) is 69.3. The smallest absolute Gasteiger partial charge is 0.306 e. The number of hydrogen-bond acceptors (Lipinski definition) is 5. The van der Waals surface area contributed by atoms with E-state index in [-0.39, 0.29) is 25.2 Å². The summed E-state index contributed by atoms with van der Waals surface area (Å²) in [5.74, 6) is -0.572. The van der Waals surface area contributed by atoms with Gasteiger partial charge in [-0.1, -0.05) is 318 Å². The first-order chi connectivity index (χ1) is 35.6. The van der Waals surface area contributed by atoms with Gasteiger partial charge in [-0.05, 0) is 64.2 Å². The van der Waals surface area contributed by atoms with Crippen molar-refractivity contribution in [1.29, 1.82) is 0 Å². The van der Waals surface area contributed by atoms with Crippen molar-refractivity contribution in [3.8, 4) is 0 Å². The summed E-state index contributed by atoms with van der Waals surface area (Å²) in [6.07, 6.45) is 86.2. The van der Waals surface area contributed by atoms with Gasteiger partial charge in [0.25, 0.3) is 0 Å². The van der Waals surface area contributed by atoms with E-state index in [9.17, 15) is 14.7 Å². The Kier molecular flexibility index (Phi) is 60.3. The predicted molar refractivity (Wildman–Crippen MR) is 316 cm³/mol. The van der Waals surface area contributed by atoms with Gasteiger partial charge in [-0.25, -0.2) is 0 Å². The molecular formula is C67H120O5. The molecule has 0 aromatic carbocycles. The maximum absolute atomic E-state index is 12.3. The fraction of sp³-hybridized carbons (Fsp3) is 0.791. The molecule has 1 unspecified atom stereocenters. The van der Waals surface area contributed by atoms with Gasteiger partial charge in [-0.2, -0.15) is 0 Å². The third-order valence-corrected chi connectivity index (χ3v) is 14.0. The highest BCUT2D eigenvalue weighted by Crippen LogP contribution is 2.18. The summed E-state index contributed by atoms with van der Waals surface area (Å²) in [5, 5.41) is 9.67. The Hall–Kier alpha value is -2.66. The second-order valence-corrected chi connectivity index (χ2v) is 21.1. The van der Waals surface area contributed by atoms with Gasteiger partial charge < -0.3 is 14.6 Å². The molecule has 1 N–H and O–H groups in total. The van der Waals surface area contributed by atoms with Crippen molar-refractivity contribution < 1.29 is 24.2 Å².